The lowest BCUT2D eigenvalue weighted by molar-refractivity contribution is 0.398. The van der Waals surface area contributed by atoms with Gasteiger partial charge in [0.15, 0.2) is 0 Å². The van der Waals surface area contributed by atoms with Crippen molar-refractivity contribution in [2.24, 2.45) is 7.05 Å². The molecule has 5 nitrogen and oxygen atoms in total. The molecule has 1 unspecified atom stereocenters. The van der Waals surface area contributed by atoms with Crippen LogP contribution >= 0.6 is 0 Å². The maximum atomic E-state index is 4.82. The van der Waals surface area contributed by atoms with E-state index in [0.717, 1.165) is 25.1 Å². The summed E-state index contributed by atoms with van der Waals surface area (Å²) in [6.07, 6.45) is 7.09. The molecule has 2 heterocycles. The van der Waals surface area contributed by atoms with Crippen molar-refractivity contribution in [2.75, 3.05) is 0 Å². The Balaban J connectivity index is 1.72. The van der Waals surface area contributed by atoms with Crippen LogP contribution in [0.4, 0.5) is 0 Å². The Morgan fingerprint density at radius 3 is 3.35 bits per heavy atom. The Morgan fingerprint density at radius 1 is 1.59 bits per heavy atom. The van der Waals surface area contributed by atoms with Crippen molar-refractivity contribution >= 4 is 0 Å². The van der Waals surface area contributed by atoms with Gasteiger partial charge in [0, 0.05) is 37.0 Å². The average molecular weight is 232 g/mol. The summed E-state index contributed by atoms with van der Waals surface area (Å²) in [5.41, 5.74) is 3.64. The second kappa shape index (κ2) is 4.33. The smallest absolute Gasteiger partial charge is 0.124 e. The highest BCUT2D eigenvalue weighted by atomic mass is 16.5. The topological polar surface area (TPSA) is 55.9 Å². The van der Waals surface area contributed by atoms with Crippen LogP contribution in [0.15, 0.2) is 23.0 Å². The van der Waals surface area contributed by atoms with Gasteiger partial charge in [-0.3, -0.25) is 4.68 Å². The van der Waals surface area contributed by atoms with Gasteiger partial charge in [-0.2, -0.15) is 5.10 Å². The zero-order chi connectivity index (χ0) is 11.7. The molecule has 0 bridgehead atoms. The quantitative estimate of drug-likeness (QED) is 0.872. The zero-order valence-electron chi connectivity index (χ0n) is 9.89. The van der Waals surface area contributed by atoms with Crippen LogP contribution in [0, 0.1) is 0 Å². The van der Waals surface area contributed by atoms with Gasteiger partial charge < -0.3 is 9.84 Å². The molecule has 0 saturated carbocycles. The van der Waals surface area contributed by atoms with E-state index < -0.39 is 0 Å². The summed E-state index contributed by atoms with van der Waals surface area (Å²) < 4.78 is 6.81. The summed E-state index contributed by atoms with van der Waals surface area (Å²) >= 11 is 0. The Bertz CT molecular complexity index is 489. The molecule has 0 amide bonds. The number of aryl methyl sites for hydroxylation is 1. The normalized spacial score (nSPS) is 19.2. The van der Waals surface area contributed by atoms with Crippen LogP contribution in [-0.2, 0) is 20.0 Å². The Kier molecular flexibility index (Phi) is 2.68. The number of nitrogens with one attached hydrogen (secondary N) is 1. The monoisotopic (exact) mass is 232 g/mol. The number of rotatable bonds is 3. The van der Waals surface area contributed by atoms with Gasteiger partial charge >= 0.3 is 0 Å². The highest BCUT2D eigenvalue weighted by Crippen LogP contribution is 2.29. The molecular formula is C12H16N4O. The van der Waals surface area contributed by atoms with Gasteiger partial charge in [-0.15, -0.1) is 0 Å². The Labute approximate surface area is 99.8 Å². The first kappa shape index (κ1) is 10.5. The highest BCUT2D eigenvalue weighted by molar-refractivity contribution is 5.24. The first-order chi connectivity index (χ1) is 8.34. The first-order valence-corrected chi connectivity index (χ1v) is 5.98. The van der Waals surface area contributed by atoms with Crippen LogP contribution < -0.4 is 5.32 Å². The van der Waals surface area contributed by atoms with Crippen molar-refractivity contribution in [1.82, 2.24) is 20.3 Å². The van der Waals surface area contributed by atoms with Gasteiger partial charge in [0.05, 0.1) is 11.9 Å². The molecule has 0 aromatic carbocycles. The first-order valence-electron chi connectivity index (χ1n) is 5.98. The standard InChI is InChI=1S/C12H16N4O/c1-16-12-4-2-3-11(10(12)8-14-16)13-7-9-5-6-17-15-9/h5-6,8,11,13H,2-4,7H2,1H3. The number of hydrogen-bond acceptors (Lipinski definition) is 4. The lowest BCUT2D eigenvalue weighted by atomic mass is 9.93. The van der Waals surface area contributed by atoms with Gasteiger partial charge in [0.25, 0.3) is 0 Å². The van der Waals surface area contributed by atoms with Gasteiger partial charge in [0.2, 0.25) is 0 Å². The fourth-order valence-electron chi connectivity index (χ4n) is 2.47. The van der Waals surface area contributed by atoms with E-state index in [2.05, 4.69) is 15.6 Å². The van der Waals surface area contributed by atoms with Gasteiger partial charge in [-0.1, -0.05) is 5.16 Å². The Hall–Kier alpha value is -1.62. The van der Waals surface area contributed by atoms with E-state index in [-0.39, 0.29) is 0 Å². The fourth-order valence-corrected chi connectivity index (χ4v) is 2.47. The summed E-state index contributed by atoms with van der Waals surface area (Å²) in [6, 6.07) is 2.28. The molecule has 0 saturated heterocycles. The van der Waals surface area contributed by atoms with Crippen LogP contribution in [-0.4, -0.2) is 14.9 Å². The fraction of sp³-hybridized carbons (Fsp3) is 0.500. The van der Waals surface area contributed by atoms with E-state index in [1.54, 1.807) is 6.26 Å². The average Bonchev–Trinajstić information content (AvgIpc) is 2.97. The van der Waals surface area contributed by atoms with Crippen LogP contribution in [0.3, 0.4) is 0 Å². The van der Waals surface area contributed by atoms with Gasteiger partial charge in [0.1, 0.15) is 6.26 Å². The lowest BCUT2D eigenvalue weighted by Crippen LogP contribution is -2.25. The van der Waals surface area contributed by atoms with Crippen molar-refractivity contribution < 1.29 is 4.52 Å². The minimum Gasteiger partial charge on any atom is -0.364 e. The molecule has 3 rings (SSSR count). The molecule has 1 aliphatic carbocycles. The largest absolute Gasteiger partial charge is 0.364 e. The van der Waals surface area contributed by atoms with E-state index >= 15 is 0 Å². The highest BCUT2D eigenvalue weighted by Gasteiger charge is 2.22. The molecule has 2 aromatic rings. The zero-order valence-corrected chi connectivity index (χ0v) is 9.89. The van der Waals surface area contributed by atoms with Crippen LogP contribution in [0.5, 0.6) is 0 Å². The minimum absolute atomic E-state index is 0.393. The Morgan fingerprint density at radius 2 is 2.53 bits per heavy atom. The number of hydrogen-bond donors (Lipinski definition) is 1. The van der Waals surface area contributed by atoms with E-state index in [1.807, 2.05) is 24.0 Å². The molecular weight excluding hydrogens is 216 g/mol. The van der Waals surface area contributed by atoms with E-state index in [0.29, 0.717) is 6.04 Å². The van der Waals surface area contributed by atoms with Crippen molar-refractivity contribution in [3.05, 3.63) is 35.5 Å². The maximum absolute atomic E-state index is 4.82. The van der Waals surface area contributed by atoms with Crippen molar-refractivity contribution in [3.63, 3.8) is 0 Å². The third-order valence-corrected chi connectivity index (χ3v) is 3.40. The van der Waals surface area contributed by atoms with Crippen LogP contribution in [0.2, 0.25) is 0 Å². The molecule has 5 heteroatoms. The summed E-state index contributed by atoms with van der Waals surface area (Å²) in [7, 11) is 2.01. The molecule has 1 N–H and O–H groups in total. The third-order valence-electron chi connectivity index (χ3n) is 3.40. The SMILES string of the molecule is Cn1ncc2c1CCCC2NCc1ccon1. The predicted molar refractivity (Wildman–Crippen MR) is 62.2 cm³/mol. The van der Waals surface area contributed by atoms with Gasteiger partial charge in [-0.05, 0) is 19.3 Å². The van der Waals surface area contributed by atoms with Crippen molar-refractivity contribution in [2.45, 2.75) is 31.8 Å². The molecule has 0 radical (unpaired) electrons. The van der Waals surface area contributed by atoms with Crippen molar-refractivity contribution in [3.8, 4) is 0 Å². The van der Waals surface area contributed by atoms with Crippen molar-refractivity contribution in [1.29, 1.82) is 0 Å². The van der Waals surface area contributed by atoms with Crippen LogP contribution in [0.1, 0.15) is 35.8 Å². The third kappa shape index (κ3) is 1.98. The van der Waals surface area contributed by atoms with E-state index in [9.17, 15) is 0 Å². The number of nitrogens with zero attached hydrogens (tertiary/aromatic N) is 3. The molecule has 0 fully saturated rings. The molecule has 2 aromatic heterocycles. The second-order valence-corrected chi connectivity index (χ2v) is 4.49. The maximum Gasteiger partial charge on any atom is 0.124 e. The van der Waals surface area contributed by atoms with E-state index in [1.165, 1.54) is 17.7 Å². The molecule has 0 aliphatic heterocycles. The summed E-state index contributed by atoms with van der Waals surface area (Å²) in [6.45, 7) is 0.746. The molecule has 1 aliphatic rings. The van der Waals surface area contributed by atoms with Gasteiger partial charge in [-0.25, -0.2) is 0 Å². The minimum atomic E-state index is 0.393. The second-order valence-electron chi connectivity index (χ2n) is 4.49. The number of aromatic nitrogens is 3. The van der Waals surface area contributed by atoms with E-state index in [4.69, 9.17) is 4.52 Å². The molecule has 90 valence electrons. The number of fused-ring (bicyclic) bond motifs is 1. The molecule has 0 spiro atoms. The molecule has 17 heavy (non-hydrogen) atoms. The summed E-state index contributed by atoms with van der Waals surface area (Å²) in [5, 5.41) is 11.8. The van der Waals surface area contributed by atoms with Crippen LogP contribution in [0.25, 0.3) is 0 Å². The molecule has 1 atom stereocenters. The summed E-state index contributed by atoms with van der Waals surface area (Å²) in [5.74, 6) is 0. The summed E-state index contributed by atoms with van der Waals surface area (Å²) in [4.78, 5) is 0. The lowest BCUT2D eigenvalue weighted by Gasteiger charge is -2.23. The predicted octanol–water partition coefficient (Wildman–Crippen LogP) is 1.58.